The van der Waals surface area contributed by atoms with Crippen LogP contribution in [0.15, 0.2) is 58.2 Å². The first kappa shape index (κ1) is 19.3. The molecule has 1 heterocycles. The molecule has 0 saturated heterocycles. The molecule has 3 rings (SSSR count). The van der Waals surface area contributed by atoms with Crippen LogP contribution in [0.1, 0.15) is 18.6 Å². The highest BCUT2D eigenvalue weighted by Gasteiger charge is 2.21. The number of nitrogens with zero attached hydrogens (tertiary/aromatic N) is 3. The summed E-state index contributed by atoms with van der Waals surface area (Å²) in [7, 11) is -0.707. The molecule has 0 spiro atoms. The molecule has 7 nitrogen and oxygen atoms in total. The van der Waals surface area contributed by atoms with Crippen LogP contribution in [0, 0.1) is 0 Å². The number of sulfonamides is 1. The number of rotatable bonds is 6. The summed E-state index contributed by atoms with van der Waals surface area (Å²) < 4.78 is 29.1. The van der Waals surface area contributed by atoms with E-state index in [1.165, 1.54) is 30.8 Å². The standard InChI is InChI=1S/C19H23N3O4S/c1-4-21-16-11-10-15(27(25,26)20(2)3)12-17(16)22(19(21)24)13-18(23)14-8-6-5-7-9-14/h5-12,18,23H,4,13H2,1-3H3/t18-/m1/s1. The highest BCUT2D eigenvalue weighted by molar-refractivity contribution is 7.89. The number of imidazole rings is 1. The first-order chi connectivity index (χ1) is 12.8. The molecule has 8 heteroatoms. The Morgan fingerprint density at radius 2 is 1.70 bits per heavy atom. The van der Waals surface area contributed by atoms with E-state index in [1.807, 2.05) is 25.1 Å². The number of aliphatic hydroxyl groups is 1. The van der Waals surface area contributed by atoms with Gasteiger partial charge in [0.05, 0.1) is 28.6 Å². The van der Waals surface area contributed by atoms with Crippen molar-refractivity contribution in [1.82, 2.24) is 13.4 Å². The molecule has 27 heavy (non-hydrogen) atoms. The normalized spacial score (nSPS) is 13.4. The van der Waals surface area contributed by atoms with E-state index in [4.69, 9.17) is 0 Å². The molecule has 0 bridgehead atoms. The number of hydrogen-bond donors (Lipinski definition) is 1. The van der Waals surface area contributed by atoms with Gasteiger partial charge in [0.25, 0.3) is 0 Å². The Kier molecular flexibility index (Phi) is 5.23. The van der Waals surface area contributed by atoms with E-state index in [1.54, 1.807) is 22.8 Å². The number of hydrogen-bond acceptors (Lipinski definition) is 4. The third-order valence-corrected chi connectivity index (χ3v) is 6.44. The van der Waals surface area contributed by atoms with Gasteiger partial charge in [0.15, 0.2) is 0 Å². The Morgan fingerprint density at radius 1 is 1.04 bits per heavy atom. The first-order valence-electron chi connectivity index (χ1n) is 8.66. The third-order valence-electron chi connectivity index (χ3n) is 4.62. The molecule has 0 unspecified atom stereocenters. The van der Waals surface area contributed by atoms with Crippen molar-refractivity contribution in [3.63, 3.8) is 0 Å². The average Bonchev–Trinajstić information content (AvgIpc) is 2.92. The van der Waals surface area contributed by atoms with Crippen LogP contribution in [-0.4, -0.2) is 41.1 Å². The lowest BCUT2D eigenvalue weighted by atomic mass is 10.1. The van der Waals surface area contributed by atoms with Crippen LogP contribution in [0.4, 0.5) is 0 Å². The molecule has 1 aromatic heterocycles. The van der Waals surface area contributed by atoms with Crippen molar-refractivity contribution in [3.8, 4) is 0 Å². The first-order valence-corrected chi connectivity index (χ1v) is 10.1. The second kappa shape index (κ2) is 7.30. The fourth-order valence-corrected chi connectivity index (χ4v) is 4.03. The van der Waals surface area contributed by atoms with E-state index >= 15 is 0 Å². The Labute approximate surface area is 158 Å². The molecule has 0 radical (unpaired) electrons. The second-order valence-electron chi connectivity index (χ2n) is 6.50. The smallest absolute Gasteiger partial charge is 0.329 e. The van der Waals surface area contributed by atoms with E-state index in [-0.39, 0.29) is 17.1 Å². The van der Waals surface area contributed by atoms with Crippen LogP contribution in [0.2, 0.25) is 0 Å². The predicted molar refractivity (Wildman–Crippen MR) is 104 cm³/mol. The van der Waals surface area contributed by atoms with Crippen molar-refractivity contribution in [2.75, 3.05) is 14.1 Å². The predicted octanol–water partition coefficient (Wildman–Crippen LogP) is 1.81. The number of aromatic nitrogens is 2. The highest BCUT2D eigenvalue weighted by Crippen LogP contribution is 2.23. The molecule has 0 fully saturated rings. The summed E-state index contributed by atoms with van der Waals surface area (Å²) in [6.07, 6.45) is -0.881. The quantitative estimate of drug-likeness (QED) is 0.697. The lowest BCUT2D eigenvalue weighted by Gasteiger charge is -2.13. The molecule has 3 aromatic rings. The van der Waals surface area contributed by atoms with E-state index in [2.05, 4.69) is 0 Å². The van der Waals surface area contributed by atoms with Crippen molar-refractivity contribution in [3.05, 3.63) is 64.6 Å². The molecule has 0 aliphatic carbocycles. The van der Waals surface area contributed by atoms with Gasteiger partial charge in [-0.1, -0.05) is 30.3 Å². The van der Waals surface area contributed by atoms with Crippen molar-refractivity contribution < 1.29 is 13.5 Å². The van der Waals surface area contributed by atoms with Gasteiger partial charge in [-0.05, 0) is 30.7 Å². The maximum atomic E-state index is 12.8. The van der Waals surface area contributed by atoms with E-state index < -0.39 is 16.1 Å². The monoisotopic (exact) mass is 389 g/mol. The van der Waals surface area contributed by atoms with Gasteiger partial charge in [-0.25, -0.2) is 17.5 Å². The van der Waals surface area contributed by atoms with E-state index in [0.29, 0.717) is 23.1 Å². The van der Waals surface area contributed by atoms with Crippen LogP contribution in [-0.2, 0) is 23.1 Å². The molecular formula is C19H23N3O4S. The zero-order chi connectivity index (χ0) is 19.8. The summed E-state index contributed by atoms with van der Waals surface area (Å²) in [6, 6.07) is 13.7. The van der Waals surface area contributed by atoms with Crippen LogP contribution < -0.4 is 5.69 Å². The van der Waals surface area contributed by atoms with Crippen LogP contribution >= 0.6 is 0 Å². The minimum absolute atomic E-state index is 0.0395. The van der Waals surface area contributed by atoms with Crippen LogP contribution in [0.5, 0.6) is 0 Å². The van der Waals surface area contributed by atoms with E-state index in [9.17, 15) is 18.3 Å². The van der Waals surface area contributed by atoms with Gasteiger partial charge in [-0.3, -0.25) is 9.13 Å². The third kappa shape index (κ3) is 3.43. The highest BCUT2D eigenvalue weighted by atomic mass is 32.2. The number of fused-ring (bicyclic) bond motifs is 1. The summed E-state index contributed by atoms with van der Waals surface area (Å²) >= 11 is 0. The Bertz CT molecular complexity index is 1120. The maximum Gasteiger partial charge on any atom is 0.329 e. The van der Waals surface area contributed by atoms with Gasteiger partial charge in [0.2, 0.25) is 10.0 Å². The molecular weight excluding hydrogens is 366 g/mol. The number of aryl methyl sites for hydroxylation is 1. The molecule has 144 valence electrons. The number of aliphatic hydroxyl groups excluding tert-OH is 1. The molecule has 2 aromatic carbocycles. The van der Waals surface area contributed by atoms with Crippen molar-refractivity contribution in [2.24, 2.45) is 0 Å². The molecule has 0 aliphatic heterocycles. The molecule has 0 saturated carbocycles. The van der Waals surface area contributed by atoms with Gasteiger partial charge < -0.3 is 5.11 Å². The minimum Gasteiger partial charge on any atom is -0.387 e. The Hall–Kier alpha value is -2.42. The summed E-state index contributed by atoms with van der Waals surface area (Å²) in [5.41, 5.74) is 1.54. The van der Waals surface area contributed by atoms with Gasteiger partial charge in [0, 0.05) is 20.6 Å². The summed E-state index contributed by atoms with van der Waals surface area (Å²) in [6.45, 7) is 2.34. The molecule has 1 atom stereocenters. The summed E-state index contributed by atoms with van der Waals surface area (Å²) in [4.78, 5) is 12.9. The average molecular weight is 389 g/mol. The van der Waals surface area contributed by atoms with Gasteiger partial charge in [-0.2, -0.15) is 0 Å². The SMILES string of the molecule is CCn1c(=O)n(C[C@@H](O)c2ccccc2)c2cc(S(=O)(=O)N(C)C)ccc21. The lowest BCUT2D eigenvalue weighted by Crippen LogP contribution is -2.26. The summed E-state index contributed by atoms with van der Waals surface area (Å²) in [5.74, 6) is 0. The zero-order valence-electron chi connectivity index (χ0n) is 15.5. The second-order valence-corrected chi connectivity index (χ2v) is 8.65. The van der Waals surface area contributed by atoms with Crippen molar-refractivity contribution in [2.45, 2.75) is 31.0 Å². The zero-order valence-corrected chi connectivity index (χ0v) is 16.3. The largest absolute Gasteiger partial charge is 0.387 e. The lowest BCUT2D eigenvalue weighted by molar-refractivity contribution is 0.156. The fraction of sp³-hybridized carbons (Fsp3) is 0.316. The summed E-state index contributed by atoms with van der Waals surface area (Å²) in [5, 5.41) is 10.6. The molecule has 0 amide bonds. The Balaban J connectivity index is 2.16. The van der Waals surface area contributed by atoms with Crippen molar-refractivity contribution in [1.29, 1.82) is 0 Å². The topological polar surface area (TPSA) is 84.5 Å². The maximum absolute atomic E-state index is 12.8. The minimum atomic E-state index is -3.63. The van der Waals surface area contributed by atoms with E-state index in [0.717, 1.165) is 4.31 Å². The van der Waals surface area contributed by atoms with Gasteiger partial charge in [0.1, 0.15) is 0 Å². The van der Waals surface area contributed by atoms with Crippen LogP contribution in [0.3, 0.4) is 0 Å². The Morgan fingerprint density at radius 3 is 2.30 bits per heavy atom. The van der Waals surface area contributed by atoms with Gasteiger partial charge >= 0.3 is 5.69 Å². The van der Waals surface area contributed by atoms with Crippen molar-refractivity contribution >= 4 is 21.1 Å². The van der Waals surface area contributed by atoms with Crippen LogP contribution in [0.25, 0.3) is 11.0 Å². The molecule has 0 aliphatic rings. The van der Waals surface area contributed by atoms with Gasteiger partial charge in [-0.15, -0.1) is 0 Å². The fourth-order valence-electron chi connectivity index (χ4n) is 3.11. The number of benzene rings is 2. The molecule has 1 N–H and O–H groups in total.